The number of aromatic nitrogens is 1. The Bertz CT molecular complexity index is 944. The molecule has 0 unspecified atom stereocenters. The van der Waals surface area contributed by atoms with Crippen molar-refractivity contribution in [2.75, 3.05) is 13.2 Å². The van der Waals surface area contributed by atoms with E-state index < -0.39 is 0 Å². The lowest BCUT2D eigenvalue weighted by molar-refractivity contribution is 0.0950. The standard InChI is InChI=1S/C20H20N2O3S/c1-13-14(2)26-20(22-7-3-4-8-22)18(13)19(23)21-12-15-5-6-16-17(11-15)25-10-9-24-16/h3-8,11H,9-10,12H2,1-2H3,(H,21,23). The van der Waals surface area contributed by atoms with Crippen molar-refractivity contribution < 1.29 is 14.3 Å². The summed E-state index contributed by atoms with van der Waals surface area (Å²) < 4.78 is 13.1. The number of nitrogens with zero attached hydrogens (tertiary/aromatic N) is 1. The van der Waals surface area contributed by atoms with E-state index in [4.69, 9.17) is 9.47 Å². The van der Waals surface area contributed by atoms with Crippen molar-refractivity contribution in [3.8, 4) is 16.5 Å². The normalized spacial score (nSPS) is 12.8. The molecule has 0 spiro atoms. The SMILES string of the molecule is Cc1sc(-n2cccc2)c(C(=O)NCc2ccc3c(c2)OCCO3)c1C. The van der Waals surface area contributed by atoms with Crippen LogP contribution in [0.25, 0.3) is 5.00 Å². The van der Waals surface area contributed by atoms with Gasteiger partial charge in [-0.2, -0.15) is 0 Å². The first-order chi connectivity index (χ1) is 12.6. The zero-order valence-electron chi connectivity index (χ0n) is 14.7. The molecule has 1 aliphatic heterocycles. The van der Waals surface area contributed by atoms with Crippen LogP contribution in [0.4, 0.5) is 0 Å². The second-order valence-electron chi connectivity index (χ2n) is 6.21. The van der Waals surface area contributed by atoms with Crippen molar-refractivity contribution in [1.29, 1.82) is 0 Å². The van der Waals surface area contributed by atoms with E-state index in [-0.39, 0.29) is 5.91 Å². The number of carbonyl (C=O) groups excluding carboxylic acids is 1. The quantitative estimate of drug-likeness (QED) is 0.761. The van der Waals surface area contributed by atoms with Crippen molar-refractivity contribution >= 4 is 17.2 Å². The lowest BCUT2D eigenvalue weighted by atomic mass is 10.1. The fraction of sp³-hybridized carbons (Fsp3) is 0.250. The van der Waals surface area contributed by atoms with Crippen molar-refractivity contribution in [3.63, 3.8) is 0 Å². The lowest BCUT2D eigenvalue weighted by Gasteiger charge is -2.19. The van der Waals surface area contributed by atoms with Crippen LogP contribution in [-0.4, -0.2) is 23.7 Å². The summed E-state index contributed by atoms with van der Waals surface area (Å²) >= 11 is 1.63. The molecule has 6 heteroatoms. The van der Waals surface area contributed by atoms with E-state index in [1.165, 1.54) is 0 Å². The molecule has 1 amide bonds. The van der Waals surface area contributed by atoms with Gasteiger partial charge in [-0.1, -0.05) is 6.07 Å². The van der Waals surface area contributed by atoms with Crippen LogP contribution in [0, 0.1) is 13.8 Å². The topological polar surface area (TPSA) is 52.5 Å². The maximum absolute atomic E-state index is 12.9. The van der Waals surface area contributed by atoms with Gasteiger partial charge in [0.25, 0.3) is 5.91 Å². The molecule has 0 radical (unpaired) electrons. The zero-order valence-corrected chi connectivity index (χ0v) is 15.6. The van der Waals surface area contributed by atoms with Gasteiger partial charge in [-0.25, -0.2) is 0 Å². The van der Waals surface area contributed by atoms with E-state index in [0.717, 1.165) is 38.1 Å². The van der Waals surface area contributed by atoms with Crippen molar-refractivity contribution in [1.82, 2.24) is 9.88 Å². The van der Waals surface area contributed by atoms with Gasteiger partial charge in [-0.15, -0.1) is 11.3 Å². The molecule has 0 bridgehead atoms. The number of amides is 1. The molecule has 4 rings (SSSR count). The van der Waals surface area contributed by atoms with Crippen LogP contribution in [0.1, 0.15) is 26.4 Å². The number of hydrogen-bond donors (Lipinski definition) is 1. The van der Waals surface area contributed by atoms with Crippen LogP contribution in [0.15, 0.2) is 42.7 Å². The molecule has 0 fully saturated rings. The van der Waals surface area contributed by atoms with Gasteiger partial charge >= 0.3 is 0 Å². The Morgan fingerprint density at radius 1 is 1.15 bits per heavy atom. The summed E-state index contributed by atoms with van der Waals surface area (Å²) in [5, 5.41) is 3.99. The fourth-order valence-electron chi connectivity index (χ4n) is 3.00. The van der Waals surface area contributed by atoms with Crippen LogP contribution in [0.2, 0.25) is 0 Å². The van der Waals surface area contributed by atoms with Crippen LogP contribution in [0.5, 0.6) is 11.5 Å². The maximum Gasteiger partial charge on any atom is 0.254 e. The summed E-state index contributed by atoms with van der Waals surface area (Å²) in [4.78, 5) is 14.0. The van der Waals surface area contributed by atoms with Crippen LogP contribution < -0.4 is 14.8 Å². The number of ether oxygens (including phenoxy) is 2. The first-order valence-electron chi connectivity index (χ1n) is 8.53. The maximum atomic E-state index is 12.9. The van der Waals surface area contributed by atoms with E-state index in [1.807, 2.05) is 61.1 Å². The Kier molecular flexibility index (Phi) is 4.42. The Labute approximate surface area is 156 Å². The number of thiophene rings is 1. The largest absolute Gasteiger partial charge is 0.486 e. The molecular formula is C20H20N2O3S. The van der Waals surface area contributed by atoms with E-state index in [9.17, 15) is 4.79 Å². The molecule has 0 saturated carbocycles. The monoisotopic (exact) mass is 368 g/mol. The van der Waals surface area contributed by atoms with Gasteiger partial charge in [-0.05, 0) is 49.2 Å². The van der Waals surface area contributed by atoms with E-state index in [1.54, 1.807) is 11.3 Å². The Balaban J connectivity index is 1.54. The summed E-state index contributed by atoms with van der Waals surface area (Å²) in [7, 11) is 0. The van der Waals surface area contributed by atoms with Crippen LogP contribution in [-0.2, 0) is 6.54 Å². The van der Waals surface area contributed by atoms with Gasteiger partial charge in [0.2, 0.25) is 0 Å². The lowest BCUT2D eigenvalue weighted by Crippen LogP contribution is -2.24. The average Bonchev–Trinajstić information content (AvgIpc) is 3.28. The molecule has 2 aromatic heterocycles. The van der Waals surface area contributed by atoms with E-state index in [2.05, 4.69) is 5.32 Å². The van der Waals surface area contributed by atoms with Gasteiger partial charge in [-0.3, -0.25) is 4.79 Å². The van der Waals surface area contributed by atoms with Crippen molar-refractivity contribution in [2.24, 2.45) is 0 Å². The average molecular weight is 368 g/mol. The summed E-state index contributed by atoms with van der Waals surface area (Å²) in [6, 6.07) is 9.68. The number of hydrogen-bond acceptors (Lipinski definition) is 4. The van der Waals surface area contributed by atoms with E-state index in [0.29, 0.717) is 19.8 Å². The highest BCUT2D eigenvalue weighted by atomic mass is 32.1. The first-order valence-corrected chi connectivity index (χ1v) is 9.35. The molecule has 0 aliphatic carbocycles. The summed E-state index contributed by atoms with van der Waals surface area (Å²) in [6.45, 7) is 5.61. The molecule has 3 aromatic rings. The molecular weight excluding hydrogens is 348 g/mol. The number of fused-ring (bicyclic) bond motifs is 1. The minimum absolute atomic E-state index is 0.0644. The summed E-state index contributed by atoms with van der Waals surface area (Å²) in [5.74, 6) is 1.43. The minimum Gasteiger partial charge on any atom is -0.486 e. The van der Waals surface area contributed by atoms with Crippen molar-refractivity contribution in [3.05, 3.63) is 64.3 Å². The number of benzene rings is 1. The Morgan fingerprint density at radius 2 is 1.88 bits per heavy atom. The number of nitrogens with one attached hydrogen (secondary N) is 1. The third-order valence-electron chi connectivity index (χ3n) is 4.49. The molecule has 1 aliphatic rings. The molecule has 3 heterocycles. The summed E-state index contributed by atoms with van der Waals surface area (Å²) in [6.07, 6.45) is 3.92. The third-order valence-corrected chi connectivity index (χ3v) is 5.71. The van der Waals surface area contributed by atoms with Crippen molar-refractivity contribution in [2.45, 2.75) is 20.4 Å². The highest BCUT2D eigenvalue weighted by Gasteiger charge is 2.20. The molecule has 5 nitrogen and oxygen atoms in total. The highest BCUT2D eigenvalue weighted by Crippen LogP contribution is 2.32. The molecule has 1 aromatic carbocycles. The second-order valence-corrected chi connectivity index (χ2v) is 7.42. The number of carbonyl (C=O) groups is 1. The molecule has 134 valence electrons. The van der Waals surface area contributed by atoms with Gasteiger partial charge in [0.15, 0.2) is 11.5 Å². The van der Waals surface area contributed by atoms with Gasteiger partial charge in [0.1, 0.15) is 18.2 Å². The third kappa shape index (κ3) is 3.08. The molecule has 1 N–H and O–H groups in total. The molecule has 0 atom stereocenters. The predicted molar refractivity (Wildman–Crippen MR) is 102 cm³/mol. The smallest absolute Gasteiger partial charge is 0.254 e. The Hall–Kier alpha value is -2.73. The summed E-state index contributed by atoms with van der Waals surface area (Å²) in [5.41, 5.74) is 2.74. The van der Waals surface area contributed by atoms with Crippen LogP contribution in [0.3, 0.4) is 0 Å². The number of aryl methyl sites for hydroxylation is 1. The van der Waals surface area contributed by atoms with E-state index >= 15 is 0 Å². The first kappa shape index (κ1) is 16.7. The Morgan fingerprint density at radius 3 is 2.65 bits per heavy atom. The highest BCUT2D eigenvalue weighted by molar-refractivity contribution is 7.15. The molecule has 26 heavy (non-hydrogen) atoms. The molecule has 0 saturated heterocycles. The minimum atomic E-state index is -0.0644. The van der Waals surface area contributed by atoms with Gasteiger partial charge in [0.05, 0.1) is 5.56 Å². The predicted octanol–water partition coefficient (Wildman–Crippen LogP) is 3.86. The second kappa shape index (κ2) is 6.88. The number of rotatable bonds is 4. The zero-order chi connectivity index (χ0) is 18.1. The van der Waals surface area contributed by atoms with Crippen LogP contribution >= 0.6 is 11.3 Å². The van der Waals surface area contributed by atoms with Gasteiger partial charge < -0.3 is 19.4 Å². The fourth-order valence-corrected chi connectivity index (χ4v) is 4.12. The van der Waals surface area contributed by atoms with Gasteiger partial charge in [0, 0.05) is 23.8 Å².